The molecule has 0 bridgehead atoms. The molecule has 118 valence electrons. The van der Waals surface area contributed by atoms with E-state index >= 15 is 0 Å². The predicted octanol–water partition coefficient (Wildman–Crippen LogP) is 4.78. The van der Waals surface area contributed by atoms with Crippen LogP contribution in [0.2, 0.25) is 0 Å². The maximum Gasteiger partial charge on any atom is 0.119 e. The van der Waals surface area contributed by atoms with Gasteiger partial charge in [0.25, 0.3) is 0 Å². The molecular weight excluding hydrogens is 296 g/mol. The zero-order chi connectivity index (χ0) is 16.2. The highest BCUT2D eigenvalue weighted by Gasteiger charge is 2.10. The van der Waals surface area contributed by atoms with E-state index in [1.54, 1.807) is 6.20 Å². The maximum absolute atomic E-state index is 5.88. The van der Waals surface area contributed by atoms with E-state index in [0.29, 0.717) is 6.61 Å². The van der Waals surface area contributed by atoms with E-state index in [4.69, 9.17) is 4.74 Å². The Hall–Kier alpha value is -3.07. The lowest BCUT2D eigenvalue weighted by molar-refractivity contribution is 0.301. The van der Waals surface area contributed by atoms with Gasteiger partial charge in [-0.25, -0.2) is 0 Å². The lowest BCUT2D eigenvalue weighted by Crippen LogP contribution is -2.09. The number of para-hydroxylation sites is 2. The van der Waals surface area contributed by atoms with Crippen LogP contribution in [-0.4, -0.2) is 16.2 Å². The van der Waals surface area contributed by atoms with Crippen molar-refractivity contribution >= 4 is 10.9 Å². The van der Waals surface area contributed by atoms with Gasteiger partial charge in [0.2, 0.25) is 0 Å². The van der Waals surface area contributed by atoms with Gasteiger partial charge < -0.3 is 9.30 Å². The highest BCUT2D eigenvalue weighted by atomic mass is 16.5. The SMILES string of the molecule is c1ccc(OCCn2c(-c3cccnc3)cc3ccccc32)cc1. The van der Waals surface area contributed by atoms with Crippen LogP contribution in [0.25, 0.3) is 22.2 Å². The monoisotopic (exact) mass is 314 g/mol. The molecule has 4 aromatic rings. The molecule has 0 radical (unpaired) electrons. The zero-order valence-corrected chi connectivity index (χ0v) is 13.3. The summed E-state index contributed by atoms with van der Waals surface area (Å²) in [5.74, 6) is 0.900. The first kappa shape index (κ1) is 14.5. The van der Waals surface area contributed by atoms with E-state index in [1.165, 1.54) is 16.6 Å². The van der Waals surface area contributed by atoms with Crippen molar-refractivity contribution in [3.8, 4) is 17.0 Å². The first-order valence-electron chi connectivity index (χ1n) is 8.08. The molecule has 24 heavy (non-hydrogen) atoms. The van der Waals surface area contributed by atoms with Gasteiger partial charge in [-0.1, -0.05) is 36.4 Å². The number of hydrogen-bond donors (Lipinski definition) is 0. The van der Waals surface area contributed by atoms with E-state index in [-0.39, 0.29) is 0 Å². The third-order valence-electron chi connectivity index (χ3n) is 4.09. The van der Waals surface area contributed by atoms with Gasteiger partial charge in [0.1, 0.15) is 12.4 Å². The van der Waals surface area contributed by atoms with Crippen LogP contribution in [0.15, 0.2) is 85.2 Å². The number of ether oxygens (including phenoxy) is 1. The summed E-state index contributed by atoms with van der Waals surface area (Å²) in [6.45, 7) is 1.41. The van der Waals surface area contributed by atoms with Crippen molar-refractivity contribution in [2.24, 2.45) is 0 Å². The Labute approximate surface area is 141 Å². The third-order valence-corrected chi connectivity index (χ3v) is 4.09. The molecule has 0 saturated carbocycles. The number of benzene rings is 2. The quantitative estimate of drug-likeness (QED) is 0.530. The third kappa shape index (κ3) is 2.88. The molecule has 0 aliphatic heterocycles. The highest BCUT2D eigenvalue weighted by molar-refractivity contribution is 5.86. The normalized spacial score (nSPS) is 10.8. The summed E-state index contributed by atoms with van der Waals surface area (Å²) in [5, 5.41) is 1.23. The number of rotatable bonds is 5. The largest absolute Gasteiger partial charge is 0.492 e. The van der Waals surface area contributed by atoms with Crippen molar-refractivity contribution < 1.29 is 4.74 Å². The summed E-state index contributed by atoms with van der Waals surface area (Å²) in [6, 6.07) is 24.6. The van der Waals surface area contributed by atoms with Gasteiger partial charge in [0, 0.05) is 28.9 Å². The minimum Gasteiger partial charge on any atom is -0.492 e. The molecule has 3 nitrogen and oxygen atoms in total. The second-order valence-electron chi connectivity index (χ2n) is 5.64. The predicted molar refractivity (Wildman–Crippen MR) is 97.1 cm³/mol. The zero-order valence-electron chi connectivity index (χ0n) is 13.3. The van der Waals surface area contributed by atoms with Crippen LogP contribution in [0.5, 0.6) is 5.75 Å². The van der Waals surface area contributed by atoms with Gasteiger partial charge in [-0.3, -0.25) is 4.98 Å². The Kier molecular flexibility index (Phi) is 3.98. The molecule has 0 unspecified atom stereocenters. The Morgan fingerprint density at radius 3 is 2.54 bits per heavy atom. The van der Waals surface area contributed by atoms with Gasteiger partial charge in [-0.2, -0.15) is 0 Å². The van der Waals surface area contributed by atoms with Crippen molar-refractivity contribution in [2.75, 3.05) is 6.61 Å². The van der Waals surface area contributed by atoms with E-state index in [2.05, 4.69) is 45.9 Å². The van der Waals surface area contributed by atoms with E-state index in [9.17, 15) is 0 Å². The van der Waals surface area contributed by atoms with Gasteiger partial charge in [0.05, 0.1) is 12.2 Å². The maximum atomic E-state index is 5.88. The summed E-state index contributed by atoms with van der Waals surface area (Å²) in [7, 11) is 0. The number of nitrogens with zero attached hydrogens (tertiary/aromatic N) is 2. The molecule has 0 atom stereocenters. The molecule has 0 N–H and O–H groups in total. The Morgan fingerprint density at radius 2 is 1.71 bits per heavy atom. The van der Waals surface area contributed by atoms with Crippen LogP contribution in [0.3, 0.4) is 0 Å². The Bertz CT molecular complexity index is 930. The first-order chi connectivity index (χ1) is 11.9. The summed E-state index contributed by atoms with van der Waals surface area (Å²) in [4.78, 5) is 4.26. The topological polar surface area (TPSA) is 27.1 Å². The molecule has 2 heterocycles. The summed E-state index contributed by atoms with van der Waals surface area (Å²) >= 11 is 0. The minimum atomic E-state index is 0.621. The number of fused-ring (bicyclic) bond motifs is 1. The molecule has 0 spiro atoms. The smallest absolute Gasteiger partial charge is 0.119 e. The molecule has 0 saturated heterocycles. The van der Waals surface area contributed by atoms with E-state index in [1.807, 2.05) is 42.6 Å². The van der Waals surface area contributed by atoms with Crippen molar-refractivity contribution in [3.63, 3.8) is 0 Å². The fourth-order valence-corrected chi connectivity index (χ4v) is 2.98. The highest BCUT2D eigenvalue weighted by Crippen LogP contribution is 2.27. The Balaban J connectivity index is 1.65. The molecule has 0 fully saturated rings. The van der Waals surface area contributed by atoms with E-state index < -0.39 is 0 Å². The number of pyridine rings is 1. The molecular formula is C21H18N2O. The van der Waals surface area contributed by atoms with Crippen molar-refractivity contribution in [3.05, 3.63) is 85.2 Å². The van der Waals surface area contributed by atoms with Gasteiger partial charge in [0.15, 0.2) is 0 Å². The Morgan fingerprint density at radius 1 is 0.875 bits per heavy atom. The van der Waals surface area contributed by atoms with Crippen molar-refractivity contribution in [1.29, 1.82) is 0 Å². The summed E-state index contributed by atoms with van der Waals surface area (Å²) < 4.78 is 8.18. The number of hydrogen-bond acceptors (Lipinski definition) is 2. The number of aromatic nitrogens is 2. The fourth-order valence-electron chi connectivity index (χ4n) is 2.98. The second kappa shape index (κ2) is 6.59. The van der Waals surface area contributed by atoms with Crippen LogP contribution in [-0.2, 0) is 6.54 Å². The molecule has 0 amide bonds. The van der Waals surface area contributed by atoms with Crippen molar-refractivity contribution in [2.45, 2.75) is 6.54 Å². The van der Waals surface area contributed by atoms with Gasteiger partial charge in [-0.05, 0) is 36.4 Å². The van der Waals surface area contributed by atoms with Gasteiger partial charge in [-0.15, -0.1) is 0 Å². The lowest BCUT2D eigenvalue weighted by atomic mass is 10.2. The first-order valence-corrected chi connectivity index (χ1v) is 8.08. The molecule has 0 aliphatic carbocycles. The van der Waals surface area contributed by atoms with Crippen LogP contribution < -0.4 is 4.74 Å². The summed E-state index contributed by atoms with van der Waals surface area (Å²) in [6.07, 6.45) is 3.71. The van der Waals surface area contributed by atoms with Crippen LogP contribution in [0.1, 0.15) is 0 Å². The summed E-state index contributed by atoms with van der Waals surface area (Å²) in [5.41, 5.74) is 3.50. The average molecular weight is 314 g/mol. The lowest BCUT2D eigenvalue weighted by Gasteiger charge is -2.12. The molecule has 0 aliphatic rings. The van der Waals surface area contributed by atoms with Crippen LogP contribution in [0, 0.1) is 0 Å². The standard InChI is InChI=1S/C21H18N2O/c1-2-9-19(10-3-1)24-14-13-23-20-11-5-4-7-17(20)15-21(23)18-8-6-12-22-16-18/h1-12,15-16H,13-14H2. The molecule has 4 rings (SSSR count). The van der Waals surface area contributed by atoms with Crippen LogP contribution >= 0.6 is 0 Å². The average Bonchev–Trinajstić information content (AvgIpc) is 3.02. The minimum absolute atomic E-state index is 0.621. The molecule has 3 heteroatoms. The van der Waals surface area contributed by atoms with E-state index in [0.717, 1.165) is 17.9 Å². The molecule has 2 aromatic carbocycles. The van der Waals surface area contributed by atoms with Gasteiger partial charge >= 0.3 is 0 Å². The van der Waals surface area contributed by atoms with Crippen LogP contribution in [0.4, 0.5) is 0 Å². The molecule has 2 aromatic heterocycles. The fraction of sp³-hybridized carbons (Fsp3) is 0.0952. The second-order valence-corrected chi connectivity index (χ2v) is 5.64. The van der Waals surface area contributed by atoms with Crippen molar-refractivity contribution in [1.82, 2.24) is 9.55 Å².